The summed E-state index contributed by atoms with van der Waals surface area (Å²) >= 11 is 0. The van der Waals surface area contributed by atoms with Crippen molar-refractivity contribution in [1.29, 1.82) is 0 Å². The van der Waals surface area contributed by atoms with Crippen molar-refractivity contribution in [2.75, 3.05) is 47.5 Å². The molecular formula is C31H56NO8P. The molecule has 0 aliphatic rings. The van der Waals surface area contributed by atoms with E-state index in [2.05, 4.69) is 43.4 Å². The van der Waals surface area contributed by atoms with Gasteiger partial charge in [-0.25, -0.2) is 0 Å². The van der Waals surface area contributed by atoms with E-state index in [1.54, 1.807) is 0 Å². The van der Waals surface area contributed by atoms with Crippen molar-refractivity contribution in [3.63, 3.8) is 0 Å². The second-order valence-corrected chi connectivity index (χ2v) is 12.5. The van der Waals surface area contributed by atoms with Gasteiger partial charge < -0.3 is 27.9 Å². The summed E-state index contributed by atoms with van der Waals surface area (Å²) in [5.41, 5.74) is 0. The first-order chi connectivity index (χ1) is 19.5. The van der Waals surface area contributed by atoms with E-state index in [9.17, 15) is 19.0 Å². The number of phosphoric ester groups is 1. The van der Waals surface area contributed by atoms with Crippen LogP contribution < -0.4 is 4.89 Å². The highest BCUT2D eigenvalue weighted by Gasteiger charge is 2.21. The number of likely N-dealkylation sites (N-methyl/N-ethyl adjacent to an activating group) is 1. The first kappa shape index (κ1) is 39.2. The van der Waals surface area contributed by atoms with Crippen LogP contribution in [0.2, 0.25) is 0 Å². The molecule has 0 N–H and O–H groups in total. The zero-order chi connectivity index (χ0) is 30.8. The van der Waals surface area contributed by atoms with Crippen molar-refractivity contribution < 1.29 is 42.1 Å². The summed E-state index contributed by atoms with van der Waals surface area (Å²) in [6.45, 7) is 3.78. The van der Waals surface area contributed by atoms with Gasteiger partial charge in [0.25, 0.3) is 7.82 Å². The molecule has 0 aliphatic heterocycles. The zero-order valence-corrected chi connectivity index (χ0v) is 27.1. The second-order valence-electron chi connectivity index (χ2n) is 11.1. The number of carbonyl (C=O) groups is 2. The molecule has 0 bridgehead atoms. The number of unbranched alkanes of at least 4 members (excludes halogenated alkanes) is 6. The molecule has 238 valence electrons. The van der Waals surface area contributed by atoms with E-state index in [0.717, 1.165) is 57.8 Å². The predicted molar refractivity (Wildman–Crippen MR) is 162 cm³/mol. The minimum Gasteiger partial charge on any atom is -0.756 e. The van der Waals surface area contributed by atoms with Crippen LogP contribution in [0.15, 0.2) is 36.5 Å². The molecule has 0 spiro atoms. The zero-order valence-electron chi connectivity index (χ0n) is 26.2. The Bertz CT molecular complexity index is 819. The van der Waals surface area contributed by atoms with Crippen LogP contribution >= 0.6 is 7.82 Å². The Hall–Kier alpha value is -1.77. The lowest BCUT2D eigenvalue weighted by Gasteiger charge is -2.28. The van der Waals surface area contributed by atoms with E-state index in [-0.39, 0.29) is 26.1 Å². The summed E-state index contributed by atoms with van der Waals surface area (Å²) in [4.78, 5) is 36.4. The Morgan fingerprint density at radius 2 is 1.39 bits per heavy atom. The maximum atomic E-state index is 12.4. The Morgan fingerprint density at radius 3 is 2.05 bits per heavy atom. The van der Waals surface area contributed by atoms with E-state index in [1.807, 2.05) is 28.1 Å². The van der Waals surface area contributed by atoms with Gasteiger partial charge in [-0.2, -0.15) is 0 Å². The first-order valence-electron chi connectivity index (χ1n) is 15.2. The average molecular weight is 602 g/mol. The monoisotopic (exact) mass is 601 g/mol. The molecule has 0 fully saturated rings. The summed E-state index contributed by atoms with van der Waals surface area (Å²) in [5.74, 6) is -0.903. The van der Waals surface area contributed by atoms with Crippen LogP contribution in [0, 0.1) is 0 Å². The highest BCUT2D eigenvalue weighted by Crippen LogP contribution is 2.38. The third-order valence-corrected chi connectivity index (χ3v) is 6.89. The smallest absolute Gasteiger partial charge is 0.306 e. The van der Waals surface area contributed by atoms with Gasteiger partial charge in [0.2, 0.25) is 0 Å². The topological polar surface area (TPSA) is 111 Å². The Morgan fingerprint density at radius 1 is 0.780 bits per heavy atom. The average Bonchev–Trinajstić information content (AvgIpc) is 2.90. The minimum atomic E-state index is -4.60. The van der Waals surface area contributed by atoms with Gasteiger partial charge >= 0.3 is 11.9 Å². The van der Waals surface area contributed by atoms with E-state index < -0.39 is 32.5 Å². The van der Waals surface area contributed by atoms with Crippen molar-refractivity contribution in [2.24, 2.45) is 0 Å². The third kappa shape index (κ3) is 28.1. The van der Waals surface area contributed by atoms with E-state index in [4.69, 9.17) is 18.5 Å². The number of allylic oxidation sites excluding steroid dienone is 6. The molecule has 0 aromatic heterocycles. The van der Waals surface area contributed by atoms with Crippen molar-refractivity contribution in [3.05, 3.63) is 36.5 Å². The van der Waals surface area contributed by atoms with Crippen molar-refractivity contribution in [1.82, 2.24) is 0 Å². The van der Waals surface area contributed by atoms with Crippen LogP contribution in [0.4, 0.5) is 0 Å². The summed E-state index contributed by atoms with van der Waals surface area (Å²) in [5, 5.41) is 0. The Balaban J connectivity index is 4.35. The normalized spacial score (nSPS) is 14.6. The quantitative estimate of drug-likeness (QED) is 0.0367. The molecule has 0 saturated carbocycles. The Kier molecular flexibility index (Phi) is 23.7. The lowest BCUT2D eigenvalue weighted by molar-refractivity contribution is -0.870. The Labute approximate surface area is 249 Å². The van der Waals surface area contributed by atoms with Crippen molar-refractivity contribution in [2.45, 2.75) is 103 Å². The van der Waals surface area contributed by atoms with E-state index >= 15 is 0 Å². The fourth-order valence-corrected chi connectivity index (χ4v) is 4.20. The van der Waals surface area contributed by atoms with Gasteiger partial charge in [0.05, 0.1) is 27.7 Å². The van der Waals surface area contributed by atoms with Gasteiger partial charge in [-0.05, 0) is 44.9 Å². The highest BCUT2D eigenvalue weighted by atomic mass is 31.2. The number of rotatable bonds is 26. The molecule has 0 amide bonds. The maximum absolute atomic E-state index is 12.4. The fourth-order valence-electron chi connectivity index (χ4n) is 3.47. The summed E-state index contributed by atoms with van der Waals surface area (Å²) in [6, 6.07) is 0. The molecule has 0 aliphatic carbocycles. The van der Waals surface area contributed by atoms with Crippen LogP contribution in [0.25, 0.3) is 0 Å². The SMILES string of the molecule is CC/C=C\C/C=C\C/C=C\CCCCCCCC(=O)OC(COC(=O)CCCC)COP(=O)([O-])OCC[N+](C)(C)C. The first-order valence-corrected chi connectivity index (χ1v) is 16.7. The van der Waals surface area contributed by atoms with Crippen LogP contribution in [0.3, 0.4) is 0 Å². The van der Waals surface area contributed by atoms with Gasteiger partial charge in [-0.1, -0.05) is 76.0 Å². The van der Waals surface area contributed by atoms with Gasteiger partial charge in [0.1, 0.15) is 19.8 Å². The maximum Gasteiger partial charge on any atom is 0.306 e. The molecule has 0 radical (unpaired) electrons. The molecule has 0 aromatic carbocycles. The van der Waals surface area contributed by atoms with Crippen molar-refractivity contribution in [3.8, 4) is 0 Å². The number of phosphoric acid groups is 1. The van der Waals surface area contributed by atoms with Gasteiger partial charge in [-0.15, -0.1) is 0 Å². The largest absolute Gasteiger partial charge is 0.756 e. The number of ether oxygens (including phenoxy) is 2. The minimum absolute atomic E-state index is 0.0361. The molecule has 2 atom stereocenters. The van der Waals surface area contributed by atoms with Gasteiger partial charge in [0, 0.05) is 12.8 Å². The number of hydrogen-bond donors (Lipinski definition) is 0. The molecule has 41 heavy (non-hydrogen) atoms. The second kappa shape index (κ2) is 24.8. The highest BCUT2D eigenvalue weighted by molar-refractivity contribution is 7.45. The van der Waals surface area contributed by atoms with Crippen LogP contribution in [0.5, 0.6) is 0 Å². The molecule has 2 unspecified atom stereocenters. The van der Waals surface area contributed by atoms with Crippen LogP contribution in [-0.2, 0) is 32.7 Å². The van der Waals surface area contributed by atoms with Gasteiger partial charge in [-0.3, -0.25) is 14.2 Å². The fraction of sp³-hybridized carbons (Fsp3) is 0.742. The summed E-state index contributed by atoms with van der Waals surface area (Å²) in [6.07, 6.45) is 22.9. The molecule has 9 nitrogen and oxygen atoms in total. The van der Waals surface area contributed by atoms with E-state index in [0.29, 0.717) is 23.9 Å². The molecular weight excluding hydrogens is 545 g/mol. The predicted octanol–water partition coefficient (Wildman–Crippen LogP) is 6.43. The lowest BCUT2D eigenvalue weighted by Crippen LogP contribution is -2.37. The van der Waals surface area contributed by atoms with Crippen molar-refractivity contribution >= 4 is 19.8 Å². The lowest BCUT2D eigenvalue weighted by atomic mass is 10.1. The molecule has 0 rings (SSSR count). The van der Waals surface area contributed by atoms with E-state index in [1.165, 1.54) is 0 Å². The molecule has 0 saturated heterocycles. The standard InChI is InChI=1S/C31H56NO8P/c1-6-8-10-11-12-13-14-15-16-17-18-19-20-21-22-24-31(34)40-29(27-37-30(33)23-9-7-2)28-39-41(35,36)38-26-25-32(3,4)5/h8,10,12-13,15-16,29H,6-7,9,11,14,17-28H2,1-5H3/b10-8-,13-12-,16-15-. The molecule has 0 aromatic rings. The molecule has 0 heterocycles. The number of hydrogen-bond acceptors (Lipinski definition) is 8. The summed E-state index contributed by atoms with van der Waals surface area (Å²) in [7, 11) is 1.14. The van der Waals surface area contributed by atoms with Crippen LogP contribution in [-0.4, -0.2) is 70.0 Å². The number of esters is 2. The third-order valence-electron chi connectivity index (χ3n) is 5.92. The number of nitrogens with zero attached hydrogens (tertiary/aromatic N) is 1. The number of quaternary nitrogens is 1. The summed E-state index contributed by atoms with van der Waals surface area (Å²) < 4.78 is 33.1. The van der Waals surface area contributed by atoms with Gasteiger partial charge in [0.15, 0.2) is 6.10 Å². The number of carbonyl (C=O) groups excluding carboxylic acids is 2. The molecule has 10 heteroatoms. The van der Waals surface area contributed by atoms with Crippen LogP contribution in [0.1, 0.15) is 97.3 Å².